The minimum atomic E-state index is -0.118. The number of nitrogens with one attached hydrogen (secondary N) is 1. The molecular formula is C17H28N2O. The van der Waals surface area contributed by atoms with Crippen molar-refractivity contribution >= 4 is 5.91 Å². The maximum absolute atomic E-state index is 12.2. The molecule has 0 aliphatic carbocycles. The minimum Gasteiger partial charge on any atom is -0.349 e. The second-order valence-corrected chi connectivity index (χ2v) is 6.14. The Balaban J connectivity index is 2.70. The first-order valence-corrected chi connectivity index (χ1v) is 7.47. The van der Waals surface area contributed by atoms with Crippen LogP contribution in [0.5, 0.6) is 0 Å². The summed E-state index contributed by atoms with van der Waals surface area (Å²) in [5, 5.41) is 3.06. The Labute approximate surface area is 122 Å². The largest absolute Gasteiger partial charge is 0.349 e. The van der Waals surface area contributed by atoms with E-state index in [2.05, 4.69) is 43.4 Å². The highest BCUT2D eigenvalue weighted by Crippen LogP contribution is 2.19. The number of nitrogens with two attached hydrogens (primary N) is 1. The number of benzene rings is 1. The van der Waals surface area contributed by atoms with E-state index in [1.165, 1.54) is 5.56 Å². The summed E-state index contributed by atoms with van der Waals surface area (Å²) in [5.41, 5.74) is 8.12. The third-order valence-corrected chi connectivity index (χ3v) is 3.86. The molecule has 0 aliphatic heterocycles. The molecule has 3 nitrogen and oxygen atoms in total. The highest BCUT2D eigenvalue weighted by Gasteiger charge is 2.22. The van der Waals surface area contributed by atoms with Crippen molar-refractivity contribution in [3.63, 3.8) is 0 Å². The molecule has 2 unspecified atom stereocenters. The van der Waals surface area contributed by atoms with Crippen molar-refractivity contribution in [3.05, 3.63) is 35.4 Å². The van der Waals surface area contributed by atoms with Crippen LogP contribution < -0.4 is 11.1 Å². The zero-order chi connectivity index (χ0) is 15.3. The molecule has 2 atom stereocenters. The van der Waals surface area contributed by atoms with Crippen LogP contribution >= 0.6 is 0 Å². The van der Waals surface area contributed by atoms with Crippen LogP contribution in [0.1, 0.15) is 57.7 Å². The predicted octanol–water partition coefficient (Wildman–Crippen LogP) is 3.22. The molecule has 0 radical (unpaired) electrons. The normalized spacial score (nSPS) is 14.4. The van der Waals surface area contributed by atoms with Crippen molar-refractivity contribution in [1.82, 2.24) is 5.32 Å². The first-order valence-electron chi connectivity index (χ1n) is 7.47. The van der Waals surface area contributed by atoms with E-state index in [-0.39, 0.29) is 23.8 Å². The van der Waals surface area contributed by atoms with Gasteiger partial charge in [-0.2, -0.15) is 0 Å². The number of carbonyl (C=O) groups excluding carboxylic acids is 1. The van der Waals surface area contributed by atoms with Crippen LogP contribution in [0.3, 0.4) is 0 Å². The zero-order valence-corrected chi connectivity index (χ0v) is 13.3. The van der Waals surface area contributed by atoms with Gasteiger partial charge in [-0.1, -0.05) is 52.0 Å². The highest BCUT2D eigenvalue weighted by atomic mass is 16.2. The van der Waals surface area contributed by atoms with Crippen molar-refractivity contribution in [2.45, 2.75) is 46.6 Å². The molecule has 1 aromatic carbocycles. The van der Waals surface area contributed by atoms with E-state index < -0.39 is 0 Å². The lowest BCUT2D eigenvalue weighted by molar-refractivity contribution is -0.126. The van der Waals surface area contributed by atoms with Gasteiger partial charge in [-0.3, -0.25) is 4.79 Å². The molecule has 3 N–H and O–H groups in total. The van der Waals surface area contributed by atoms with Crippen LogP contribution in [0.15, 0.2) is 24.3 Å². The lowest BCUT2D eigenvalue weighted by atomic mass is 9.94. The fourth-order valence-corrected chi connectivity index (χ4v) is 2.26. The third kappa shape index (κ3) is 4.34. The van der Waals surface area contributed by atoms with E-state index >= 15 is 0 Å². The van der Waals surface area contributed by atoms with E-state index in [9.17, 15) is 4.79 Å². The van der Waals surface area contributed by atoms with Crippen molar-refractivity contribution in [3.8, 4) is 0 Å². The summed E-state index contributed by atoms with van der Waals surface area (Å²) in [7, 11) is 0. The van der Waals surface area contributed by atoms with Gasteiger partial charge in [0.2, 0.25) is 5.91 Å². The first kappa shape index (κ1) is 16.7. The summed E-state index contributed by atoms with van der Waals surface area (Å²) in [6.07, 6.45) is 0. The number of rotatable bonds is 6. The third-order valence-electron chi connectivity index (χ3n) is 3.86. The first-order chi connectivity index (χ1) is 9.36. The molecule has 1 amide bonds. The fraction of sp³-hybridized carbons (Fsp3) is 0.588. The van der Waals surface area contributed by atoms with Crippen LogP contribution in [0.4, 0.5) is 0 Å². The van der Waals surface area contributed by atoms with E-state index in [0.717, 1.165) is 5.56 Å². The Morgan fingerprint density at radius 1 is 1.05 bits per heavy atom. The van der Waals surface area contributed by atoms with Gasteiger partial charge in [0.25, 0.3) is 0 Å². The van der Waals surface area contributed by atoms with Gasteiger partial charge < -0.3 is 11.1 Å². The van der Waals surface area contributed by atoms with E-state index in [1.54, 1.807) is 0 Å². The van der Waals surface area contributed by atoms with Gasteiger partial charge in [0, 0.05) is 6.54 Å². The van der Waals surface area contributed by atoms with E-state index in [0.29, 0.717) is 12.5 Å². The number of amides is 1. The summed E-state index contributed by atoms with van der Waals surface area (Å²) in [6.45, 7) is 10.8. The molecule has 0 heterocycles. The van der Waals surface area contributed by atoms with Crippen molar-refractivity contribution in [2.75, 3.05) is 6.54 Å². The molecule has 1 aromatic rings. The van der Waals surface area contributed by atoms with Gasteiger partial charge in [0.1, 0.15) is 0 Å². The van der Waals surface area contributed by atoms with Crippen LogP contribution in [0.25, 0.3) is 0 Å². The molecule has 20 heavy (non-hydrogen) atoms. The van der Waals surface area contributed by atoms with Crippen molar-refractivity contribution in [1.29, 1.82) is 0 Å². The van der Waals surface area contributed by atoms with Gasteiger partial charge in [0.15, 0.2) is 0 Å². The second kappa shape index (κ2) is 7.44. The monoisotopic (exact) mass is 276 g/mol. The lowest BCUT2D eigenvalue weighted by Crippen LogP contribution is -2.39. The smallest absolute Gasteiger partial charge is 0.225 e. The number of carbonyl (C=O) groups is 1. The van der Waals surface area contributed by atoms with Crippen LogP contribution in [-0.4, -0.2) is 12.5 Å². The summed E-state index contributed by atoms with van der Waals surface area (Å²) >= 11 is 0. The SMILES string of the molecule is CC(C)c1ccc(C(C)NC(=O)C(CN)C(C)C)cc1. The Bertz CT molecular complexity index is 423. The molecule has 0 aromatic heterocycles. The van der Waals surface area contributed by atoms with Crippen molar-refractivity contribution < 1.29 is 4.79 Å². The molecule has 3 heteroatoms. The van der Waals surface area contributed by atoms with Gasteiger partial charge in [0.05, 0.1) is 12.0 Å². The van der Waals surface area contributed by atoms with Crippen LogP contribution in [0, 0.1) is 11.8 Å². The highest BCUT2D eigenvalue weighted by molar-refractivity contribution is 5.79. The van der Waals surface area contributed by atoms with Crippen molar-refractivity contribution in [2.24, 2.45) is 17.6 Å². The maximum Gasteiger partial charge on any atom is 0.225 e. The molecular weight excluding hydrogens is 248 g/mol. The second-order valence-electron chi connectivity index (χ2n) is 6.14. The molecule has 1 rings (SSSR count). The van der Waals surface area contributed by atoms with Crippen LogP contribution in [-0.2, 0) is 4.79 Å². The average Bonchev–Trinajstić information content (AvgIpc) is 2.39. The summed E-state index contributed by atoms with van der Waals surface area (Å²) in [4.78, 5) is 12.2. The van der Waals surface area contributed by atoms with Gasteiger partial charge >= 0.3 is 0 Å². The molecule has 112 valence electrons. The topological polar surface area (TPSA) is 55.1 Å². The minimum absolute atomic E-state index is 0.0107. The summed E-state index contributed by atoms with van der Waals surface area (Å²) < 4.78 is 0. The summed E-state index contributed by atoms with van der Waals surface area (Å²) in [6, 6.07) is 8.45. The predicted molar refractivity (Wildman–Crippen MR) is 84.5 cm³/mol. The van der Waals surface area contributed by atoms with Crippen LogP contribution in [0.2, 0.25) is 0 Å². The van der Waals surface area contributed by atoms with E-state index in [4.69, 9.17) is 5.73 Å². The quantitative estimate of drug-likeness (QED) is 0.838. The molecule has 0 fully saturated rings. The number of hydrogen-bond acceptors (Lipinski definition) is 2. The Kier molecular flexibility index (Phi) is 6.21. The zero-order valence-electron chi connectivity index (χ0n) is 13.3. The Hall–Kier alpha value is -1.35. The standard InChI is InChI=1S/C17H28N2O/c1-11(2)14-6-8-15(9-7-14)13(5)19-17(20)16(10-18)12(3)4/h6-9,11-13,16H,10,18H2,1-5H3,(H,19,20). The van der Waals surface area contributed by atoms with Gasteiger partial charge in [-0.05, 0) is 29.9 Å². The Morgan fingerprint density at radius 2 is 1.55 bits per heavy atom. The molecule has 0 saturated carbocycles. The average molecular weight is 276 g/mol. The number of hydrogen-bond donors (Lipinski definition) is 2. The molecule has 0 aliphatic rings. The molecule has 0 saturated heterocycles. The van der Waals surface area contributed by atoms with Gasteiger partial charge in [-0.15, -0.1) is 0 Å². The molecule has 0 bridgehead atoms. The van der Waals surface area contributed by atoms with Gasteiger partial charge in [-0.25, -0.2) is 0 Å². The fourth-order valence-electron chi connectivity index (χ4n) is 2.26. The maximum atomic E-state index is 12.2. The van der Waals surface area contributed by atoms with E-state index in [1.807, 2.05) is 20.8 Å². The lowest BCUT2D eigenvalue weighted by Gasteiger charge is -2.22. The molecule has 0 spiro atoms. The Morgan fingerprint density at radius 3 is 1.95 bits per heavy atom. The summed E-state index contributed by atoms with van der Waals surface area (Å²) in [5.74, 6) is 0.711.